The van der Waals surface area contributed by atoms with Crippen LogP contribution in [0, 0.1) is 0 Å². The van der Waals surface area contributed by atoms with Gasteiger partial charge in [0.1, 0.15) is 22.9 Å². The van der Waals surface area contributed by atoms with Crippen molar-refractivity contribution in [1.82, 2.24) is 29.4 Å². The minimum atomic E-state index is -0.175. The minimum absolute atomic E-state index is 0.0635. The minimum Gasteiger partial charge on any atom is -0.379 e. The third kappa shape index (κ3) is 4.88. The van der Waals surface area contributed by atoms with Gasteiger partial charge in [0.25, 0.3) is 11.5 Å². The molecule has 0 bridgehead atoms. The van der Waals surface area contributed by atoms with Crippen molar-refractivity contribution in [3.8, 4) is 0 Å². The average molecular weight is 521 g/mol. The molecule has 2 saturated carbocycles. The molecule has 0 aromatic carbocycles. The van der Waals surface area contributed by atoms with Gasteiger partial charge in [0, 0.05) is 50.5 Å². The summed E-state index contributed by atoms with van der Waals surface area (Å²) in [6.07, 6.45) is 10.7. The summed E-state index contributed by atoms with van der Waals surface area (Å²) in [7, 11) is 1.79. The van der Waals surface area contributed by atoms with Gasteiger partial charge in [-0.3, -0.25) is 14.5 Å². The van der Waals surface area contributed by atoms with Gasteiger partial charge >= 0.3 is 0 Å². The van der Waals surface area contributed by atoms with Gasteiger partial charge in [-0.15, -0.1) is 0 Å². The van der Waals surface area contributed by atoms with Crippen LogP contribution in [-0.2, 0) is 4.74 Å². The summed E-state index contributed by atoms with van der Waals surface area (Å²) in [5.41, 5.74) is 1.25. The highest BCUT2D eigenvalue weighted by molar-refractivity contribution is 6.00. The molecule has 3 N–H and O–H groups in total. The molecular weight excluding hydrogens is 484 g/mol. The van der Waals surface area contributed by atoms with Crippen LogP contribution in [0.2, 0.25) is 0 Å². The van der Waals surface area contributed by atoms with Crippen LogP contribution in [0.1, 0.15) is 61.3 Å². The Morgan fingerprint density at radius 3 is 2.55 bits per heavy atom. The van der Waals surface area contributed by atoms with Crippen LogP contribution < -0.4 is 21.5 Å². The summed E-state index contributed by atoms with van der Waals surface area (Å²) in [6, 6.07) is 6.46. The summed E-state index contributed by atoms with van der Waals surface area (Å²) in [4.78, 5) is 33.6. The Hall–Kier alpha value is -3.44. The number of morpholine rings is 1. The number of amides is 1. The number of pyridine rings is 1. The first-order chi connectivity index (χ1) is 18.6. The van der Waals surface area contributed by atoms with Crippen molar-refractivity contribution in [3.63, 3.8) is 0 Å². The lowest BCUT2D eigenvalue weighted by atomic mass is 9.89. The number of nitrogens with zero attached hydrogens (tertiary/aromatic N) is 5. The molecule has 202 valence electrons. The zero-order chi connectivity index (χ0) is 26.1. The van der Waals surface area contributed by atoms with Crippen LogP contribution >= 0.6 is 0 Å². The Morgan fingerprint density at radius 2 is 1.84 bits per heavy atom. The molecule has 1 amide bonds. The number of rotatable bonds is 7. The van der Waals surface area contributed by atoms with E-state index < -0.39 is 0 Å². The van der Waals surface area contributed by atoms with Crippen molar-refractivity contribution in [2.45, 2.75) is 63.1 Å². The van der Waals surface area contributed by atoms with E-state index in [4.69, 9.17) is 4.74 Å². The molecule has 38 heavy (non-hydrogen) atoms. The van der Waals surface area contributed by atoms with Crippen molar-refractivity contribution in [1.29, 1.82) is 0 Å². The molecule has 3 aromatic heterocycles. The van der Waals surface area contributed by atoms with Gasteiger partial charge in [0.2, 0.25) is 0 Å². The van der Waals surface area contributed by atoms with E-state index in [9.17, 15) is 9.59 Å². The van der Waals surface area contributed by atoms with E-state index in [1.54, 1.807) is 29.9 Å². The van der Waals surface area contributed by atoms with Crippen LogP contribution in [-0.4, -0.2) is 75.4 Å². The third-order valence-electron chi connectivity index (χ3n) is 8.27. The topological polar surface area (TPSA) is 118 Å². The molecule has 11 heteroatoms. The maximum Gasteiger partial charge on any atom is 0.274 e. The molecule has 4 heterocycles. The van der Waals surface area contributed by atoms with E-state index in [-0.39, 0.29) is 23.6 Å². The summed E-state index contributed by atoms with van der Waals surface area (Å²) in [6.45, 7) is 3.63. The van der Waals surface area contributed by atoms with Crippen molar-refractivity contribution in [2.24, 2.45) is 0 Å². The van der Waals surface area contributed by atoms with E-state index in [0.29, 0.717) is 34.6 Å². The van der Waals surface area contributed by atoms with Crippen LogP contribution in [0.15, 0.2) is 35.4 Å². The van der Waals surface area contributed by atoms with Gasteiger partial charge in [0.05, 0.1) is 19.4 Å². The van der Waals surface area contributed by atoms with Crippen molar-refractivity contribution >= 4 is 28.9 Å². The average Bonchev–Trinajstić information content (AvgIpc) is 3.36. The lowest BCUT2D eigenvalue weighted by molar-refractivity contribution is 0.00535. The number of nitrogens with one attached hydrogen (secondary N) is 3. The number of ether oxygens (including phenoxy) is 1. The number of aromatic nitrogens is 4. The molecule has 3 aromatic rings. The van der Waals surface area contributed by atoms with E-state index in [1.807, 2.05) is 16.8 Å². The molecule has 0 unspecified atom stereocenters. The Labute approximate surface area is 221 Å². The quantitative estimate of drug-likeness (QED) is 0.435. The largest absolute Gasteiger partial charge is 0.379 e. The van der Waals surface area contributed by atoms with Gasteiger partial charge in [-0.1, -0.05) is 0 Å². The van der Waals surface area contributed by atoms with Gasteiger partial charge in [-0.05, 0) is 57.1 Å². The number of fused-ring (bicyclic) bond motifs is 1. The second-order valence-electron chi connectivity index (χ2n) is 10.5. The predicted octanol–water partition coefficient (Wildman–Crippen LogP) is 2.77. The second kappa shape index (κ2) is 10.7. The fourth-order valence-corrected chi connectivity index (χ4v) is 5.86. The number of anilines is 3. The summed E-state index contributed by atoms with van der Waals surface area (Å²) in [5.74, 6) is 0.968. The maximum atomic E-state index is 13.5. The standard InChI is InChI=1S/C27H36N8O3/c1-28-24-16-23(32-25-21(17-29-35(24)25)26(36)30-18-4-2-5-18)31-22-6-3-11-34(27(22)37)20-9-7-19(8-10-20)33-12-14-38-15-13-33/h3,6,11,16-20,28H,2,4-5,7-10,12-15H2,1H3,(H,30,36)(H,31,32)/t19-,20+. The maximum absolute atomic E-state index is 13.5. The molecule has 3 fully saturated rings. The highest BCUT2D eigenvalue weighted by Gasteiger charge is 2.28. The lowest BCUT2D eigenvalue weighted by Gasteiger charge is -2.39. The predicted molar refractivity (Wildman–Crippen MR) is 145 cm³/mol. The monoisotopic (exact) mass is 520 g/mol. The third-order valence-corrected chi connectivity index (χ3v) is 8.27. The van der Waals surface area contributed by atoms with E-state index in [0.717, 1.165) is 71.2 Å². The van der Waals surface area contributed by atoms with Gasteiger partial charge in [-0.2, -0.15) is 9.61 Å². The number of carbonyl (C=O) groups excluding carboxylic acids is 1. The van der Waals surface area contributed by atoms with Crippen LogP contribution in [0.3, 0.4) is 0 Å². The number of hydrogen-bond acceptors (Lipinski definition) is 8. The van der Waals surface area contributed by atoms with Crippen molar-refractivity contribution in [2.75, 3.05) is 44.0 Å². The van der Waals surface area contributed by atoms with E-state index in [1.165, 1.54) is 0 Å². The number of carbonyl (C=O) groups is 1. The normalized spacial score (nSPS) is 22.7. The highest BCUT2D eigenvalue weighted by Crippen LogP contribution is 2.31. The molecule has 0 atom stereocenters. The van der Waals surface area contributed by atoms with Crippen LogP contribution in [0.5, 0.6) is 0 Å². The summed E-state index contributed by atoms with van der Waals surface area (Å²) >= 11 is 0. The van der Waals surface area contributed by atoms with Gasteiger partial charge in [0.15, 0.2) is 5.65 Å². The smallest absolute Gasteiger partial charge is 0.274 e. The molecule has 6 rings (SSSR count). The van der Waals surface area contributed by atoms with Crippen molar-refractivity contribution < 1.29 is 9.53 Å². The Bertz CT molecular complexity index is 1350. The Morgan fingerprint density at radius 1 is 1.08 bits per heavy atom. The van der Waals surface area contributed by atoms with Crippen LogP contribution in [0.4, 0.5) is 17.3 Å². The molecule has 1 aliphatic heterocycles. The first-order valence-electron chi connectivity index (χ1n) is 13.8. The highest BCUT2D eigenvalue weighted by atomic mass is 16.5. The van der Waals surface area contributed by atoms with Crippen molar-refractivity contribution in [3.05, 3.63) is 46.5 Å². The molecule has 0 radical (unpaired) electrons. The first kappa shape index (κ1) is 24.9. The number of hydrogen-bond donors (Lipinski definition) is 3. The fourth-order valence-electron chi connectivity index (χ4n) is 5.86. The SMILES string of the molecule is CNc1cc(Nc2cccn([C@H]3CC[C@@H](N4CCOCC4)CC3)c2=O)nc2c(C(=O)NC3CCC3)cnn12. The fraction of sp³-hybridized carbons (Fsp3) is 0.556. The molecular formula is C27H36N8O3. The zero-order valence-corrected chi connectivity index (χ0v) is 21.9. The van der Waals surface area contributed by atoms with Gasteiger partial charge < -0.3 is 25.3 Å². The van der Waals surface area contributed by atoms with E-state index in [2.05, 4.69) is 30.9 Å². The Balaban J connectivity index is 1.21. The van der Waals surface area contributed by atoms with Gasteiger partial charge in [-0.25, -0.2) is 4.98 Å². The zero-order valence-electron chi connectivity index (χ0n) is 21.9. The Kier molecular flexibility index (Phi) is 7.03. The second-order valence-corrected chi connectivity index (χ2v) is 10.5. The molecule has 0 spiro atoms. The molecule has 1 saturated heterocycles. The molecule has 2 aliphatic carbocycles. The lowest BCUT2D eigenvalue weighted by Crippen LogP contribution is -2.45. The van der Waals surface area contributed by atoms with E-state index >= 15 is 0 Å². The summed E-state index contributed by atoms with van der Waals surface area (Å²) in [5, 5.41) is 13.8. The first-order valence-corrected chi connectivity index (χ1v) is 13.8. The van der Waals surface area contributed by atoms with Crippen LogP contribution in [0.25, 0.3) is 5.65 Å². The molecule has 11 nitrogen and oxygen atoms in total. The molecule has 3 aliphatic rings. The summed E-state index contributed by atoms with van der Waals surface area (Å²) < 4.78 is 8.98.